The zero-order valence-corrected chi connectivity index (χ0v) is 5.29. The predicted octanol–water partition coefficient (Wildman–Crippen LogP) is 1.51. The first-order chi connectivity index (χ1) is 3.83. The summed E-state index contributed by atoms with van der Waals surface area (Å²) in [5.74, 6) is 0. The number of rotatable bonds is 1. The van der Waals surface area contributed by atoms with Crippen LogP contribution in [0.5, 0.6) is 0 Å². The highest BCUT2D eigenvalue weighted by Gasteiger charge is 1.91. The van der Waals surface area contributed by atoms with E-state index in [1.54, 1.807) is 0 Å². The topological polar surface area (TPSA) is 17.1 Å². The van der Waals surface area contributed by atoms with Gasteiger partial charge in [-0.2, -0.15) is 0 Å². The second-order valence-corrected chi connectivity index (χ2v) is 2.50. The molecule has 0 spiro atoms. The van der Waals surface area contributed by atoms with Crippen LogP contribution in [-0.4, -0.2) is 6.29 Å². The fourth-order valence-corrected chi connectivity index (χ4v) is 1.17. The number of hydrogen-bond donors (Lipinski definition) is 0. The third-order valence-electron chi connectivity index (χ3n) is 0.831. The van der Waals surface area contributed by atoms with E-state index in [1.165, 1.54) is 11.3 Å². The van der Waals surface area contributed by atoms with Crippen molar-refractivity contribution in [2.75, 3.05) is 0 Å². The van der Waals surface area contributed by atoms with Gasteiger partial charge in [-0.15, -0.1) is 11.3 Å². The van der Waals surface area contributed by atoms with Crippen molar-refractivity contribution in [3.63, 3.8) is 0 Å². The van der Waals surface area contributed by atoms with Crippen LogP contribution in [-0.2, 0) is 4.79 Å². The van der Waals surface area contributed by atoms with Gasteiger partial charge in [0.2, 0.25) is 6.29 Å². The van der Waals surface area contributed by atoms with Crippen LogP contribution in [0.25, 0.3) is 0 Å². The van der Waals surface area contributed by atoms with E-state index in [1.807, 2.05) is 24.7 Å². The van der Waals surface area contributed by atoms with E-state index in [2.05, 4.69) is 0 Å². The molecule has 1 aromatic heterocycles. The molecule has 0 aliphatic rings. The molecule has 1 nitrogen and oxygen atoms in total. The maximum absolute atomic E-state index is 9.91. The molecule has 0 unspecified atom stereocenters. The molecule has 0 amide bonds. The Kier molecular flexibility index (Phi) is 1.44. The average molecular weight is 125 g/mol. The summed E-state index contributed by atoms with van der Waals surface area (Å²) in [6, 6.07) is 1.82. The summed E-state index contributed by atoms with van der Waals surface area (Å²) in [4.78, 5) is 10.6. The van der Waals surface area contributed by atoms with Crippen LogP contribution in [0.2, 0.25) is 0 Å². The van der Waals surface area contributed by atoms with Gasteiger partial charge in [-0.3, -0.25) is 4.79 Å². The van der Waals surface area contributed by atoms with E-state index in [-0.39, 0.29) is 0 Å². The van der Waals surface area contributed by atoms with E-state index in [4.69, 9.17) is 0 Å². The van der Waals surface area contributed by atoms with Crippen LogP contribution >= 0.6 is 11.3 Å². The van der Waals surface area contributed by atoms with Gasteiger partial charge in [-0.1, -0.05) is 0 Å². The maximum Gasteiger partial charge on any atom is 0.244 e. The third-order valence-corrected chi connectivity index (χ3v) is 1.78. The van der Waals surface area contributed by atoms with Crippen molar-refractivity contribution in [3.8, 4) is 0 Å². The Morgan fingerprint density at radius 3 is 2.75 bits per heavy atom. The molecule has 8 heavy (non-hydrogen) atoms. The van der Waals surface area contributed by atoms with Gasteiger partial charge in [-0.25, -0.2) is 0 Å². The Morgan fingerprint density at radius 2 is 2.50 bits per heavy atom. The highest BCUT2D eigenvalue weighted by molar-refractivity contribution is 7.11. The zero-order chi connectivity index (χ0) is 5.98. The van der Waals surface area contributed by atoms with Crippen LogP contribution in [0.3, 0.4) is 0 Å². The van der Waals surface area contributed by atoms with Crippen LogP contribution in [0, 0.1) is 6.92 Å². The molecule has 0 aliphatic heterocycles. The number of carbonyl (C=O) groups excluding carboxylic acids is 1. The molecule has 0 aliphatic carbocycles. The lowest BCUT2D eigenvalue weighted by Gasteiger charge is -1.69. The molecule has 0 saturated heterocycles. The zero-order valence-electron chi connectivity index (χ0n) is 4.47. The highest BCUT2D eigenvalue weighted by Crippen LogP contribution is 2.09. The quantitative estimate of drug-likeness (QED) is 0.556. The molecule has 0 bridgehead atoms. The summed E-state index contributed by atoms with van der Waals surface area (Å²) in [6.07, 6.45) is 1.82. The molecule has 1 heterocycles. The molecular formula is C6H5OS. The van der Waals surface area contributed by atoms with E-state index < -0.39 is 0 Å². The minimum atomic E-state index is 0.683. The van der Waals surface area contributed by atoms with E-state index in [0.717, 1.165) is 5.56 Å². The van der Waals surface area contributed by atoms with Gasteiger partial charge in [0.15, 0.2) is 0 Å². The summed E-state index contributed by atoms with van der Waals surface area (Å²) in [7, 11) is 0. The number of aryl methyl sites for hydroxylation is 1. The summed E-state index contributed by atoms with van der Waals surface area (Å²) in [6.45, 7) is 1.96. The van der Waals surface area contributed by atoms with Crippen molar-refractivity contribution < 1.29 is 4.79 Å². The van der Waals surface area contributed by atoms with Gasteiger partial charge < -0.3 is 0 Å². The van der Waals surface area contributed by atoms with E-state index in [9.17, 15) is 4.79 Å². The Labute approximate surface area is 52.0 Å². The first-order valence-electron chi connectivity index (χ1n) is 2.26. The lowest BCUT2D eigenvalue weighted by Crippen LogP contribution is -1.65. The average Bonchev–Trinajstić information content (AvgIpc) is 2.14. The smallest absolute Gasteiger partial charge is 0.244 e. The molecular weight excluding hydrogens is 120 g/mol. The lowest BCUT2D eigenvalue weighted by atomic mass is 10.4. The molecule has 0 N–H and O–H groups in total. The Hall–Kier alpha value is -0.630. The van der Waals surface area contributed by atoms with Gasteiger partial charge in [0, 0.05) is 0 Å². The van der Waals surface area contributed by atoms with Crippen LogP contribution in [0.4, 0.5) is 0 Å². The SMILES string of the molecule is Cc1csc([C]=O)c1. The van der Waals surface area contributed by atoms with Crippen LogP contribution < -0.4 is 0 Å². The fraction of sp³-hybridized carbons (Fsp3) is 0.167. The monoisotopic (exact) mass is 125 g/mol. The van der Waals surface area contributed by atoms with Crippen LogP contribution in [0.1, 0.15) is 10.4 Å². The molecule has 0 atom stereocenters. The predicted molar refractivity (Wildman–Crippen MR) is 33.9 cm³/mol. The first-order valence-corrected chi connectivity index (χ1v) is 3.14. The van der Waals surface area contributed by atoms with Gasteiger partial charge >= 0.3 is 0 Å². The first kappa shape index (κ1) is 5.51. The fourth-order valence-electron chi connectivity index (χ4n) is 0.485. The van der Waals surface area contributed by atoms with Crippen molar-refractivity contribution in [1.29, 1.82) is 0 Å². The molecule has 0 aromatic carbocycles. The molecule has 0 fully saturated rings. The minimum Gasteiger partial charge on any atom is -0.284 e. The highest BCUT2D eigenvalue weighted by atomic mass is 32.1. The third kappa shape index (κ3) is 0.954. The standard InChI is InChI=1S/C6H5OS/c1-5-2-6(3-7)8-4-5/h2,4H,1H3. The van der Waals surface area contributed by atoms with E-state index in [0.29, 0.717) is 4.88 Å². The molecule has 2 heteroatoms. The molecule has 1 rings (SSSR count). The summed E-state index contributed by atoms with van der Waals surface area (Å²) in [5, 5.41) is 1.93. The van der Waals surface area contributed by atoms with Crippen molar-refractivity contribution in [1.82, 2.24) is 0 Å². The van der Waals surface area contributed by atoms with Gasteiger partial charge in [-0.05, 0) is 23.9 Å². The maximum atomic E-state index is 9.91. The Balaban J connectivity index is 3.00. The largest absolute Gasteiger partial charge is 0.284 e. The summed E-state index contributed by atoms with van der Waals surface area (Å²) < 4.78 is 0. The Morgan fingerprint density at radius 1 is 1.75 bits per heavy atom. The molecule has 1 radical (unpaired) electrons. The molecule has 41 valence electrons. The van der Waals surface area contributed by atoms with Crippen LogP contribution in [0.15, 0.2) is 11.4 Å². The second-order valence-electron chi connectivity index (χ2n) is 1.59. The van der Waals surface area contributed by atoms with Crippen molar-refractivity contribution in [3.05, 3.63) is 21.9 Å². The molecule has 0 saturated carbocycles. The van der Waals surface area contributed by atoms with Gasteiger partial charge in [0.1, 0.15) is 0 Å². The van der Waals surface area contributed by atoms with Gasteiger partial charge in [0.25, 0.3) is 0 Å². The van der Waals surface area contributed by atoms with Crippen molar-refractivity contribution >= 4 is 17.6 Å². The Bertz CT molecular complexity index is 190. The molecule has 1 aromatic rings. The second kappa shape index (κ2) is 2.09. The summed E-state index contributed by atoms with van der Waals surface area (Å²) in [5.41, 5.74) is 1.13. The normalized spacial score (nSPS) is 9.12. The number of thiophene rings is 1. The van der Waals surface area contributed by atoms with Gasteiger partial charge in [0.05, 0.1) is 4.88 Å². The number of hydrogen-bond acceptors (Lipinski definition) is 2. The van der Waals surface area contributed by atoms with Crippen molar-refractivity contribution in [2.24, 2.45) is 0 Å². The van der Waals surface area contributed by atoms with Crippen molar-refractivity contribution in [2.45, 2.75) is 6.92 Å². The lowest BCUT2D eigenvalue weighted by molar-refractivity contribution is 0.563. The summed E-state index contributed by atoms with van der Waals surface area (Å²) >= 11 is 1.43. The van der Waals surface area contributed by atoms with E-state index >= 15 is 0 Å². The minimum absolute atomic E-state index is 0.683.